The van der Waals surface area contributed by atoms with E-state index in [0.717, 1.165) is 5.56 Å². The zero-order valence-corrected chi connectivity index (χ0v) is 15.1. The molecular formula is C16H16ClN7O2. The van der Waals surface area contributed by atoms with E-state index in [4.69, 9.17) is 16.3 Å². The molecule has 0 spiro atoms. The lowest BCUT2D eigenvalue weighted by Crippen LogP contribution is -2.21. The van der Waals surface area contributed by atoms with Crippen molar-refractivity contribution in [2.24, 2.45) is 7.05 Å². The van der Waals surface area contributed by atoms with E-state index >= 15 is 0 Å². The highest BCUT2D eigenvalue weighted by Gasteiger charge is 2.18. The van der Waals surface area contributed by atoms with Crippen molar-refractivity contribution < 1.29 is 9.53 Å². The van der Waals surface area contributed by atoms with Gasteiger partial charge >= 0.3 is 0 Å². The van der Waals surface area contributed by atoms with Crippen LogP contribution in [0.4, 0.5) is 11.4 Å². The van der Waals surface area contributed by atoms with Crippen LogP contribution < -0.4 is 15.4 Å². The van der Waals surface area contributed by atoms with Crippen molar-refractivity contribution in [3.8, 4) is 17.0 Å². The first-order valence-electron chi connectivity index (χ1n) is 7.59. The van der Waals surface area contributed by atoms with Gasteiger partial charge in [-0.1, -0.05) is 17.7 Å². The number of carbonyl (C=O) groups is 1. The molecule has 3 aromatic rings. The molecule has 2 N–H and O–H groups in total. The first-order chi connectivity index (χ1) is 12.5. The summed E-state index contributed by atoms with van der Waals surface area (Å²) in [5.74, 6) is 0.157. The van der Waals surface area contributed by atoms with Gasteiger partial charge in [-0.2, -0.15) is 15.0 Å². The molecule has 0 saturated heterocycles. The summed E-state index contributed by atoms with van der Waals surface area (Å²) in [5, 5.41) is 21.8. The summed E-state index contributed by atoms with van der Waals surface area (Å²) in [5.41, 5.74) is 2.54. The van der Waals surface area contributed by atoms with Crippen LogP contribution in [-0.2, 0) is 7.05 Å². The Morgan fingerprint density at radius 2 is 2.08 bits per heavy atom. The van der Waals surface area contributed by atoms with Crippen LogP contribution in [0.2, 0.25) is 5.15 Å². The Bertz CT molecular complexity index is 958. The lowest BCUT2D eigenvalue weighted by atomic mass is 10.1. The Morgan fingerprint density at radius 1 is 1.27 bits per heavy atom. The maximum atomic E-state index is 12.0. The van der Waals surface area contributed by atoms with Gasteiger partial charge in [0.1, 0.15) is 5.69 Å². The van der Waals surface area contributed by atoms with Crippen LogP contribution in [0.1, 0.15) is 10.5 Å². The molecule has 134 valence electrons. The van der Waals surface area contributed by atoms with E-state index in [-0.39, 0.29) is 16.8 Å². The SMILES string of the molecule is CNC(=O)c1nnc(Cl)cc1Nc1cccc(-c2cnn(C)n2)c1OC. The Labute approximate surface area is 154 Å². The molecule has 9 nitrogen and oxygen atoms in total. The van der Waals surface area contributed by atoms with Crippen LogP contribution in [0, 0.1) is 0 Å². The highest BCUT2D eigenvalue weighted by Crippen LogP contribution is 2.37. The van der Waals surface area contributed by atoms with Crippen molar-refractivity contribution in [2.45, 2.75) is 0 Å². The van der Waals surface area contributed by atoms with Crippen LogP contribution >= 0.6 is 11.6 Å². The van der Waals surface area contributed by atoms with Crippen molar-refractivity contribution in [3.63, 3.8) is 0 Å². The summed E-state index contributed by atoms with van der Waals surface area (Å²) in [4.78, 5) is 13.5. The zero-order chi connectivity index (χ0) is 18.7. The molecule has 0 atom stereocenters. The molecule has 2 heterocycles. The van der Waals surface area contributed by atoms with Gasteiger partial charge < -0.3 is 15.4 Å². The third-order valence-electron chi connectivity index (χ3n) is 3.57. The number of rotatable bonds is 5. The molecule has 1 amide bonds. The molecule has 0 saturated carbocycles. The van der Waals surface area contributed by atoms with Gasteiger partial charge in [0.25, 0.3) is 5.91 Å². The summed E-state index contributed by atoms with van der Waals surface area (Å²) in [6.07, 6.45) is 1.64. The summed E-state index contributed by atoms with van der Waals surface area (Å²) in [6.45, 7) is 0. The smallest absolute Gasteiger partial charge is 0.273 e. The number of aryl methyl sites for hydroxylation is 1. The van der Waals surface area contributed by atoms with Crippen LogP contribution in [-0.4, -0.2) is 45.3 Å². The molecule has 1 aromatic carbocycles. The number of methoxy groups -OCH3 is 1. The second-order valence-corrected chi connectivity index (χ2v) is 5.63. The van der Waals surface area contributed by atoms with E-state index in [9.17, 15) is 4.79 Å². The Morgan fingerprint density at radius 3 is 2.73 bits per heavy atom. The number of hydrogen-bond donors (Lipinski definition) is 2. The van der Waals surface area contributed by atoms with Crippen LogP contribution in [0.3, 0.4) is 0 Å². The van der Waals surface area contributed by atoms with Gasteiger partial charge in [0, 0.05) is 25.7 Å². The van der Waals surface area contributed by atoms with E-state index in [1.54, 1.807) is 26.4 Å². The van der Waals surface area contributed by atoms with Crippen molar-refractivity contribution in [1.82, 2.24) is 30.5 Å². The summed E-state index contributed by atoms with van der Waals surface area (Å²) >= 11 is 5.94. The number of anilines is 2. The van der Waals surface area contributed by atoms with Crippen molar-refractivity contribution >= 4 is 28.9 Å². The van der Waals surface area contributed by atoms with Gasteiger partial charge in [-0.25, -0.2) is 0 Å². The van der Waals surface area contributed by atoms with E-state index in [2.05, 4.69) is 31.0 Å². The molecule has 26 heavy (non-hydrogen) atoms. The molecule has 0 aliphatic carbocycles. The molecule has 0 bridgehead atoms. The Kier molecular flexibility index (Phi) is 4.99. The maximum absolute atomic E-state index is 12.0. The fraction of sp³-hybridized carbons (Fsp3) is 0.188. The second-order valence-electron chi connectivity index (χ2n) is 5.24. The third-order valence-corrected chi connectivity index (χ3v) is 3.75. The average Bonchev–Trinajstić information content (AvgIpc) is 3.07. The number of para-hydroxylation sites is 1. The highest BCUT2D eigenvalue weighted by molar-refractivity contribution is 6.29. The van der Waals surface area contributed by atoms with E-state index in [1.165, 1.54) is 17.9 Å². The van der Waals surface area contributed by atoms with E-state index in [1.807, 2.05) is 12.1 Å². The second kappa shape index (κ2) is 7.36. The fourth-order valence-electron chi connectivity index (χ4n) is 2.42. The fourth-order valence-corrected chi connectivity index (χ4v) is 2.57. The van der Waals surface area contributed by atoms with E-state index in [0.29, 0.717) is 22.8 Å². The van der Waals surface area contributed by atoms with Crippen molar-refractivity contribution in [1.29, 1.82) is 0 Å². The molecule has 0 radical (unpaired) electrons. The normalized spacial score (nSPS) is 10.5. The Balaban J connectivity index is 2.06. The minimum atomic E-state index is -0.388. The third kappa shape index (κ3) is 3.42. The largest absolute Gasteiger partial charge is 0.494 e. The molecule has 2 aromatic heterocycles. The average molecular weight is 374 g/mol. The van der Waals surface area contributed by atoms with Crippen LogP contribution in [0.5, 0.6) is 5.75 Å². The molecule has 10 heteroatoms. The lowest BCUT2D eigenvalue weighted by molar-refractivity contribution is 0.0958. The number of nitrogens with one attached hydrogen (secondary N) is 2. The number of aromatic nitrogens is 5. The molecule has 3 rings (SSSR count). The summed E-state index contributed by atoms with van der Waals surface area (Å²) in [6, 6.07) is 7.03. The van der Waals surface area contributed by atoms with Gasteiger partial charge in [-0.3, -0.25) is 4.79 Å². The van der Waals surface area contributed by atoms with Gasteiger partial charge in [0.05, 0.1) is 24.7 Å². The number of ether oxygens (including phenoxy) is 1. The minimum Gasteiger partial charge on any atom is -0.494 e. The zero-order valence-electron chi connectivity index (χ0n) is 14.3. The topological polar surface area (TPSA) is 107 Å². The number of amides is 1. The number of nitrogens with zero attached hydrogens (tertiary/aromatic N) is 5. The van der Waals surface area contributed by atoms with E-state index < -0.39 is 0 Å². The minimum absolute atomic E-state index is 0.115. The van der Waals surface area contributed by atoms with Gasteiger partial charge in [-0.05, 0) is 12.1 Å². The Hall–Kier alpha value is -3.20. The number of benzene rings is 1. The van der Waals surface area contributed by atoms with Crippen LogP contribution in [0.15, 0.2) is 30.5 Å². The predicted molar refractivity (Wildman–Crippen MR) is 96.7 cm³/mol. The molecule has 0 fully saturated rings. The first-order valence-corrected chi connectivity index (χ1v) is 7.97. The van der Waals surface area contributed by atoms with Crippen LogP contribution in [0.25, 0.3) is 11.3 Å². The predicted octanol–water partition coefficient (Wildman–Crippen LogP) is 2.04. The van der Waals surface area contributed by atoms with Gasteiger partial charge in [-0.15, -0.1) is 10.2 Å². The first kappa shape index (κ1) is 17.6. The van der Waals surface area contributed by atoms with Gasteiger partial charge in [0.2, 0.25) is 0 Å². The molecule has 0 aliphatic heterocycles. The standard InChI is InChI=1S/C16H16ClN7O2/c1-18-16(25)14-11(7-13(17)21-22-14)20-10-6-4-5-9(15(10)26-3)12-8-19-24(2)23-12/h4-8H,1-3H3,(H,18,25)(H,20,21). The molecule has 0 aliphatic rings. The number of hydrogen-bond acceptors (Lipinski definition) is 7. The maximum Gasteiger partial charge on any atom is 0.273 e. The lowest BCUT2D eigenvalue weighted by Gasteiger charge is -2.15. The summed E-state index contributed by atoms with van der Waals surface area (Å²) < 4.78 is 5.56. The van der Waals surface area contributed by atoms with Gasteiger partial charge in [0.15, 0.2) is 16.6 Å². The van der Waals surface area contributed by atoms with Crippen molar-refractivity contribution in [3.05, 3.63) is 41.3 Å². The molecule has 0 unspecified atom stereocenters. The number of carbonyl (C=O) groups excluding carboxylic acids is 1. The van der Waals surface area contributed by atoms with Crippen molar-refractivity contribution in [2.75, 3.05) is 19.5 Å². The highest BCUT2D eigenvalue weighted by atomic mass is 35.5. The monoisotopic (exact) mass is 373 g/mol. The number of halogens is 1. The quantitative estimate of drug-likeness (QED) is 0.704. The molecular weight excluding hydrogens is 358 g/mol. The summed E-state index contributed by atoms with van der Waals surface area (Å²) in [7, 11) is 4.80.